The standard InChI is InChI=1S/C12H29NOSi/c1-6-8-10-13(11-9-7-2)12-15(4,5)14-3/h6-12H2,1-5H3. The Morgan fingerprint density at radius 3 is 1.80 bits per heavy atom. The van der Waals surface area contributed by atoms with E-state index in [4.69, 9.17) is 4.43 Å². The Balaban J connectivity index is 3.98. The third-order valence-electron chi connectivity index (χ3n) is 2.81. The van der Waals surface area contributed by atoms with Crippen molar-refractivity contribution in [1.29, 1.82) is 0 Å². The first-order valence-corrected chi connectivity index (χ1v) is 9.44. The molecule has 0 aromatic rings. The molecule has 0 saturated heterocycles. The van der Waals surface area contributed by atoms with Crippen molar-refractivity contribution in [1.82, 2.24) is 4.90 Å². The van der Waals surface area contributed by atoms with Gasteiger partial charge in [-0.3, -0.25) is 0 Å². The Hall–Kier alpha value is 0.137. The van der Waals surface area contributed by atoms with Crippen LogP contribution < -0.4 is 0 Å². The zero-order valence-electron chi connectivity index (χ0n) is 11.3. The molecule has 0 atom stereocenters. The van der Waals surface area contributed by atoms with Gasteiger partial charge in [0.05, 0.1) is 0 Å². The molecule has 0 N–H and O–H groups in total. The molecular weight excluding hydrogens is 202 g/mol. The maximum absolute atomic E-state index is 5.63. The lowest BCUT2D eigenvalue weighted by Crippen LogP contribution is -2.45. The van der Waals surface area contributed by atoms with Crippen molar-refractivity contribution < 1.29 is 4.43 Å². The van der Waals surface area contributed by atoms with E-state index in [2.05, 4.69) is 31.8 Å². The minimum Gasteiger partial charge on any atom is -0.419 e. The van der Waals surface area contributed by atoms with Crippen LogP contribution in [0, 0.1) is 0 Å². The zero-order valence-corrected chi connectivity index (χ0v) is 12.3. The first-order valence-electron chi connectivity index (χ1n) is 6.33. The van der Waals surface area contributed by atoms with Gasteiger partial charge in [0.15, 0.2) is 8.32 Å². The number of nitrogens with zero attached hydrogens (tertiary/aromatic N) is 1. The lowest BCUT2D eigenvalue weighted by Gasteiger charge is -2.29. The van der Waals surface area contributed by atoms with Crippen molar-refractivity contribution in [3.05, 3.63) is 0 Å². The van der Waals surface area contributed by atoms with Gasteiger partial charge in [0.25, 0.3) is 0 Å². The molecule has 0 radical (unpaired) electrons. The van der Waals surface area contributed by atoms with Crippen LogP contribution in [-0.2, 0) is 4.43 Å². The Kier molecular flexibility index (Phi) is 8.38. The summed E-state index contributed by atoms with van der Waals surface area (Å²) in [5.41, 5.74) is 0. The summed E-state index contributed by atoms with van der Waals surface area (Å²) in [4.78, 5) is 2.60. The van der Waals surface area contributed by atoms with Crippen LogP contribution >= 0.6 is 0 Å². The molecule has 0 fully saturated rings. The van der Waals surface area contributed by atoms with Crippen LogP contribution in [0.3, 0.4) is 0 Å². The second-order valence-corrected chi connectivity index (χ2v) is 9.19. The van der Waals surface area contributed by atoms with Crippen molar-refractivity contribution in [2.45, 2.75) is 52.6 Å². The van der Waals surface area contributed by atoms with Crippen LogP contribution in [0.2, 0.25) is 13.1 Å². The molecule has 0 aliphatic heterocycles. The SMILES string of the molecule is CCCCN(CCCC)C[Si](C)(C)OC. The van der Waals surface area contributed by atoms with E-state index >= 15 is 0 Å². The predicted molar refractivity (Wildman–Crippen MR) is 70.7 cm³/mol. The van der Waals surface area contributed by atoms with Gasteiger partial charge in [-0.25, -0.2) is 0 Å². The molecular formula is C12H29NOSi. The fraction of sp³-hybridized carbons (Fsp3) is 1.00. The van der Waals surface area contributed by atoms with Crippen molar-refractivity contribution in [2.75, 3.05) is 26.4 Å². The average Bonchev–Trinajstić information content (AvgIpc) is 2.22. The summed E-state index contributed by atoms with van der Waals surface area (Å²) in [6.45, 7) is 11.6. The summed E-state index contributed by atoms with van der Waals surface area (Å²) in [6, 6.07) is 0. The number of hydrogen-bond acceptors (Lipinski definition) is 2. The van der Waals surface area contributed by atoms with E-state index in [-0.39, 0.29) is 0 Å². The summed E-state index contributed by atoms with van der Waals surface area (Å²) < 4.78 is 5.63. The van der Waals surface area contributed by atoms with Gasteiger partial charge in [0.1, 0.15) is 0 Å². The van der Waals surface area contributed by atoms with Gasteiger partial charge >= 0.3 is 0 Å². The van der Waals surface area contributed by atoms with Crippen molar-refractivity contribution in [2.24, 2.45) is 0 Å². The minimum atomic E-state index is -1.41. The Morgan fingerprint density at radius 2 is 1.47 bits per heavy atom. The smallest absolute Gasteiger partial charge is 0.199 e. The summed E-state index contributed by atoms with van der Waals surface area (Å²) in [5, 5.41) is 0. The predicted octanol–water partition coefficient (Wildman–Crippen LogP) is 3.28. The minimum absolute atomic E-state index is 1.18. The van der Waals surface area contributed by atoms with E-state index in [0.29, 0.717) is 0 Å². The molecule has 0 heterocycles. The van der Waals surface area contributed by atoms with Crippen LogP contribution in [0.25, 0.3) is 0 Å². The van der Waals surface area contributed by atoms with Crippen molar-refractivity contribution >= 4 is 8.32 Å². The molecule has 0 rings (SSSR count). The summed E-state index contributed by atoms with van der Waals surface area (Å²) in [7, 11) is 0.451. The van der Waals surface area contributed by atoms with E-state index < -0.39 is 8.32 Å². The molecule has 0 unspecified atom stereocenters. The third kappa shape index (κ3) is 8.00. The van der Waals surface area contributed by atoms with Crippen LogP contribution in [0.5, 0.6) is 0 Å². The molecule has 92 valence electrons. The fourth-order valence-corrected chi connectivity index (χ4v) is 3.16. The highest BCUT2D eigenvalue weighted by Crippen LogP contribution is 2.08. The van der Waals surface area contributed by atoms with Crippen LogP contribution in [0.15, 0.2) is 0 Å². The molecule has 0 bridgehead atoms. The van der Waals surface area contributed by atoms with E-state index in [0.717, 1.165) is 0 Å². The Morgan fingerprint density at radius 1 is 1.00 bits per heavy atom. The van der Waals surface area contributed by atoms with Gasteiger partial charge in [0, 0.05) is 13.3 Å². The molecule has 15 heavy (non-hydrogen) atoms. The largest absolute Gasteiger partial charge is 0.419 e. The molecule has 0 spiro atoms. The highest BCUT2D eigenvalue weighted by molar-refractivity contribution is 6.71. The second kappa shape index (κ2) is 8.31. The van der Waals surface area contributed by atoms with Gasteiger partial charge in [-0.15, -0.1) is 0 Å². The van der Waals surface area contributed by atoms with Crippen LogP contribution in [-0.4, -0.2) is 39.6 Å². The first kappa shape index (κ1) is 15.1. The topological polar surface area (TPSA) is 12.5 Å². The molecule has 0 aliphatic carbocycles. The number of rotatable bonds is 9. The Bertz CT molecular complexity index is 143. The fourth-order valence-electron chi connectivity index (χ4n) is 1.64. The van der Waals surface area contributed by atoms with Gasteiger partial charge < -0.3 is 9.33 Å². The van der Waals surface area contributed by atoms with E-state index in [1.807, 2.05) is 7.11 Å². The van der Waals surface area contributed by atoms with Crippen molar-refractivity contribution in [3.8, 4) is 0 Å². The quantitative estimate of drug-likeness (QED) is 0.565. The van der Waals surface area contributed by atoms with E-state index in [9.17, 15) is 0 Å². The first-order chi connectivity index (χ1) is 7.05. The molecule has 0 aliphatic rings. The van der Waals surface area contributed by atoms with Crippen LogP contribution in [0.1, 0.15) is 39.5 Å². The van der Waals surface area contributed by atoms with Crippen molar-refractivity contribution in [3.63, 3.8) is 0 Å². The summed E-state index contributed by atoms with van der Waals surface area (Å²) >= 11 is 0. The third-order valence-corrected chi connectivity index (χ3v) is 5.13. The number of unbranched alkanes of at least 4 members (excludes halogenated alkanes) is 2. The van der Waals surface area contributed by atoms with Gasteiger partial charge in [-0.1, -0.05) is 26.7 Å². The maximum atomic E-state index is 5.63. The molecule has 2 nitrogen and oxygen atoms in total. The molecule has 0 saturated carbocycles. The molecule has 0 aromatic carbocycles. The van der Waals surface area contributed by atoms with E-state index in [1.54, 1.807) is 0 Å². The van der Waals surface area contributed by atoms with E-state index in [1.165, 1.54) is 44.9 Å². The second-order valence-electron chi connectivity index (χ2n) is 4.95. The summed E-state index contributed by atoms with van der Waals surface area (Å²) in [5.74, 6) is 0. The zero-order chi connectivity index (χ0) is 11.7. The molecule has 0 aromatic heterocycles. The maximum Gasteiger partial charge on any atom is 0.199 e. The molecule has 3 heteroatoms. The molecule has 0 amide bonds. The number of hydrogen-bond donors (Lipinski definition) is 0. The van der Waals surface area contributed by atoms with Crippen LogP contribution in [0.4, 0.5) is 0 Å². The van der Waals surface area contributed by atoms with Gasteiger partial charge in [-0.05, 0) is 39.0 Å². The summed E-state index contributed by atoms with van der Waals surface area (Å²) in [6.07, 6.45) is 6.40. The lowest BCUT2D eigenvalue weighted by molar-refractivity contribution is 0.278. The Labute approximate surface area is 97.1 Å². The lowest BCUT2D eigenvalue weighted by atomic mass is 10.3. The normalized spacial score (nSPS) is 12.4. The van der Waals surface area contributed by atoms with Gasteiger partial charge in [-0.2, -0.15) is 0 Å². The monoisotopic (exact) mass is 231 g/mol. The van der Waals surface area contributed by atoms with Gasteiger partial charge in [0.2, 0.25) is 0 Å². The average molecular weight is 231 g/mol. The highest BCUT2D eigenvalue weighted by Gasteiger charge is 2.23. The highest BCUT2D eigenvalue weighted by atomic mass is 28.4.